The smallest absolute Gasteiger partial charge is 0.255 e. The molecule has 1 amide bonds. The van der Waals surface area contributed by atoms with Crippen molar-refractivity contribution in [2.24, 2.45) is 0 Å². The first-order valence-corrected chi connectivity index (χ1v) is 8.80. The molecule has 2 heterocycles. The summed E-state index contributed by atoms with van der Waals surface area (Å²) in [6.07, 6.45) is 1.74. The fourth-order valence-electron chi connectivity index (χ4n) is 2.53. The third-order valence-corrected chi connectivity index (χ3v) is 3.98. The predicted octanol–water partition coefficient (Wildman–Crippen LogP) is 2.71. The lowest BCUT2D eigenvalue weighted by Gasteiger charge is -2.09. The van der Waals surface area contributed by atoms with Gasteiger partial charge in [0.2, 0.25) is 0 Å². The summed E-state index contributed by atoms with van der Waals surface area (Å²) in [5.41, 5.74) is 8.55. The Labute approximate surface area is 163 Å². The molecule has 1 aromatic carbocycles. The number of hydrogen-bond donors (Lipinski definition) is 2. The van der Waals surface area contributed by atoms with Crippen LogP contribution in [0.5, 0.6) is 5.75 Å². The zero-order valence-corrected chi connectivity index (χ0v) is 15.6. The zero-order chi connectivity index (χ0) is 19.8. The Morgan fingerprint density at radius 1 is 1.04 bits per heavy atom. The topological polar surface area (TPSA) is 99.4 Å². The number of aromatic nitrogens is 2. The number of carbonyl (C=O) groups is 1. The van der Waals surface area contributed by atoms with Gasteiger partial charge in [-0.2, -0.15) is 0 Å². The Kier molecular flexibility index (Phi) is 6.54. The van der Waals surface area contributed by atoms with Crippen LogP contribution in [0, 0.1) is 0 Å². The summed E-state index contributed by atoms with van der Waals surface area (Å²) in [5, 5.41) is 2.80. The minimum absolute atomic E-state index is 0.174. The van der Waals surface area contributed by atoms with Crippen LogP contribution in [0.1, 0.15) is 27.3 Å². The number of pyridine rings is 2. The van der Waals surface area contributed by atoms with E-state index in [0.717, 1.165) is 17.0 Å². The van der Waals surface area contributed by atoms with E-state index in [1.807, 2.05) is 42.5 Å². The monoisotopic (exact) mass is 378 g/mol. The summed E-state index contributed by atoms with van der Waals surface area (Å²) in [4.78, 5) is 20.8. The number of amides is 1. The van der Waals surface area contributed by atoms with Gasteiger partial charge in [0.05, 0.1) is 30.1 Å². The molecule has 7 nitrogen and oxygen atoms in total. The molecule has 3 aromatic rings. The van der Waals surface area contributed by atoms with Crippen molar-refractivity contribution in [3.8, 4) is 5.75 Å². The minimum atomic E-state index is -0.299. The van der Waals surface area contributed by atoms with Crippen molar-refractivity contribution in [2.75, 3.05) is 12.8 Å². The number of nitrogens with zero attached hydrogens (tertiary/aromatic N) is 2. The maximum absolute atomic E-state index is 12.3. The third-order valence-electron chi connectivity index (χ3n) is 3.98. The minimum Gasteiger partial charge on any atom is -0.489 e. The Hall–Kier alpha value is -3.45. The molecular formula is C21H22N4O3. The van der Waals surface area contributed by atoms with Crippen LogP contribution in [0.4, 0.5) is 5.82 Å². The first kappa shape index (κ1) is 19.3. The molecule has 0 saturated carbocycles. The molecule has 144 valence electrons. The maximum Gasteiger partial charge on any atom is 0.255 e. The van der Waals surface area contributed by atoms with E-state index >= 15 is 0 Å². The van der Waals surface area contributed by atoms with Gasteiger partial charge in [-0.05, 0) is 30.3 Å². The van der Waals surface area contributed by atoms with E-state index in [9.17, 15) is 4.79 Å². The summed E-state index contributed by atoms with van der Waals surface area (Å²) in [6.45, 7) is 1.06. The second-order valence-electron chi connectivity index (χ2n) is 6.11. The second-order valence-corrected chi connectivity index (χ2v) is 6.11. The van der Waals surface area contributed by atoms with E-state index in [1.165, 1.54) is 0 Å². The van der Waals surface area contributed by atoms with Crippen LogP contribution in [0.15, 0.2) is 60.8 Å². The maximum atomic E-state index is 12.3. The van der Waals surface area contributed by atoms with Gasteiger partial charge in [0.1, 0.15) is 18.2 Å². The van der Waals surface area contributed by atoms with Gasteiger partial charge >= 0.3 is 0 Å². The largest absolute Gasteiger partial charge is 0.489 e. The van der Waals surface area contributed by atoms with Crippen LogP contribution >= 0.6 is 0 Å². The number of rotatable bonds is 8. The number of para-hydroxylation sites is 1. The average Bonchev–Trinajstić information content (AvgIpc) is 2.72. The number of anilines is 1. The fraction of sp³-hybridized carbons (Fsp3) is 0.190. The van der Waals surface area contributed by atoms with Gasteiger partial charge in [0.25, 0.3) is 5.91 Å². The van der Waals surface area contributed by atoms with E-state index in [0.29, 0.717) is 24.5 Å². The summed E-state index contributed by atoms with van der Waals surface area (Å²) in [5.74, 6) is 0.683. The van der Waals surface area contributed by atoms with Crippen LogP contribution in [0.3, 0.4) is 0 Å². The highest BCUT2D eigenvalue weighted by Crippen LogP contribution is 2.12. The molecule has 0 unspecified atom stereocenters. The van der Waals surface area contributed by atoms with E-state index in [4.69, 9.17) is 15.2 Å². The van der Waals surface area contributed by atoms with Crippen LogP contribution < -0.4 is 15.8 Å². The third kappa shape index (κ3) is 5.28. The molecule has 0 radical (unpaired) electrons. The lowest BCUT2D eigenvalue weighted by molar-refractivity contribution is 0.0951. The van der Waals surface area contributed by atoms with Gasteiger partial charge in [-0.1, -0.05) is 24.3 Å². The molecule has 3 rings (SSSR count). The number of nitrogens with one attached hydrogen (secondary N) is 1. The number of carbonyl (C=O) groups excluding carboxylic acids is 1. The molecule has 0 fully saturated rings. The highest BCUT2D eigenvalue weighted by atomic mass is 16.5. The van der Waals surface area contributed by atoms with Crippen molar-refractivity contribution >= 4 is 11.7 Å². The van der Waals surface area contributed by atoms with Gasteiger partial charge in [-0.15, -0.1) is 0 Å². The van der Waals surface area contributed by atoms with Crippen LogP contribution in [-0.4, -0.2) is 23.0 Å². The summed E-state index contributed by atoms with van der Waals surface area (Å²) < 4.78 is 10.7. The molecule has 0 saturated heterocycles. The molecule has 0 aliphatic carbocycles. The Morgan fingerprint density at radius 3 is 2.50 bits per heavy atom. The van der Waals surface area contributed by atoms with Crippen LogP contribution in [-0.2, 0) is 24.5 Å². The van der Waals surface area contributed by atoms with E-state index in [1.54, 1.807) is 25.4 Å². The van der Waals surface area contributed by atoms with E-state index in [-0.39, 0.29) is 18.3 Å². The molecular weight excluding hydrogens is 356 g/mol. The number of ether oxygens (including phenoxy) is 2. The molecule has 7 heteroatoms. The van der Waals surface area contributed by atoms with Crippen molar-refractivity contribution < 1.29 is 14.3 Å². The van der Waals surface area contributed by atoms with Gasteiger partial charge in [-0.3, -0.25) is 9.78 Å². The van der Waals surface area contributed by atoms with E-state index < -0.39 is 0 Å². The number of benzene rings is 1. The first-order chi connectivity index (χ1) is 13.7. The predicted molar refractivity (Wildman–Crippen MR) is 106 cm³/mol. The van der Waals surface area contributed by atoms with E-state index in [2.05, 4.69) is 15.3 Å². The number of nitrogen functional groups attached to an aromatic ring is 1. The van der Waals surface area contributed by atoms with Gasteiger partial charge in [0.15, 0.2) is 0 Å². The van der Waals surface area contributed by atoms with Crippen molar-refractivity contribution in [2.45, 2.75) is 19.8 Å². The Bertz CT molecular complexity index is 915. The number of hydrogen-bond acceptors (Lipinski definition) is 6. The summed E-state index contributed by atoms with van der Waals surface area (Å²) >= 11 is 0. The number of methoxy groups -OCH3 is 1. The highest BCUT2D eigenvalue weighted by molar-refractivity contribution is 5.98. The Morgan fingerprint density at radius 2 is 1.82 bits per heavy atom. The van der Waals surface area contributed by atoms with Crippen molar-refractivity contribution in [3.05, 3.63) is 83.3 Å². The molecule has 3 N–H and O–H groups in total. The molecule has 2 aromatic heterocycles. The molecule has 0 bridgehead atoms. The first-order valence-electron chi connectivity index (χ1n) is 8.80. The highest BCUT2D eigenvalue weighted by Gasteiger charge is 2.11. The number of nitrogens with two attached hydrogens (primary N) is 1. The quantitative estimate of drug-likeness (QED) is 0.625. The van der Waals surface area contributed by atoms with Crippen LogP contribution in [0.2, 0.25) is 0 Å². The fourth-order valence-corrected chi connectivity index (χ4v) is 2.53. The normalized spacial score (nSPS) is 10.5. The SMILES string of the molecule is COCc1ccc(C(=O)NCc2ccc(COc3ccccc3)cn2)c(N)n1. The van der Waals surface area contributed by atoms with Gasteiger partial charge < -0.3 is 20.5 Å². The van der Waals surface area contributed by atoms with Crippen molar-refractivity contribution in [1.82, 2.24) is 15.3 Å². The van der Waals surface area contributed by atoms with Crippen molar-refractivity contribution in [1.29, 1.82) is 0 Å². The molecule has 0 aliphatic rings. The molecule has 28 heavy (non-hydrogen) atoms. The average molecular weight is 378 g/mol. The Balaban J connectivity index is 1.52. The second kappa shape index (κ2) is 9.48. The summed E-state index contributed by atoms with van der Waals surface area (Å²) in [7, 11) is 1.57. The standard InChI is InChI=1S/C21H22N4O3/c1-27-14-17-9-10-19(20(22)25-17)21(26)24-12-16-8-7-15(11-23-16)13-28-18-5-3-2-4-6-18/h2-11H,12-14H2,1H3,(H2,22,25)(H,24,26). The van der Waals surface area contributed by atoms with Crippen LogP contribution in [0.25, 0.3) is 0 Å². The lowest BCUT2D eigenvalue weighted by Crippen LogP contribution is -2.24. The lowest BCUT2D eigenvalue weighted by atomic mass is 10.2. The molecule has 0 spiro atoms. The van der Waals surface area contributed by atoms with Crippen molar-refractivity contribution in [3.63, 3.8) is 0 Å². The molecule has 0 atom stereocenters. The zero-order valence-electron chi connectivity index (χ0n) is 15.6. The van der Waals surface area contributed by atoms with Gasteiger partial charge in [0, 0.05) is 18.9 Å². The summed E-state index contributed by atoms with van der Waals surface area (Å²) in [6, 6.07) is 16.7. The molecule has 0 aliphatic heterocycles. The van der Waals surface area contributed by atoms with Gasteiger partial charge in [-0.25, -0.2) is 4.98 Å².